The molecule has 4 aromatic rings. The van der Waals surface area contributed by atoms with Crippen molar-refractivity contribution in [3.63, 3.8) is 0 Å². The molecule has 0 bridgehead atoms. The van der Waals surface area contributed by atoms with Gasteiger partial charge >= 0.3 is 0 Å². The van der Waals surface area contributed by atoms with Gasteiger partial charge in [0.15, 0.2) is 0 Å². The maximum Gasteiger partial charge on any atom is 0.241 e. The number of hydrogen-bond donors (Lipinski definition) is 3. The van der Waals surface area contributed by atoms with Gasteiger partial charge in [-0.05, 0) is 41.6 Å². The number of sulfonamides is 1. The Bertz CT molecular complexity index is 1190. The van der Waals surface area contributed by atoms with Crippen molar-refractivity contribution in [3.05, 3.63) is 72.4 Å². The molecule has 0 spiro atoms. The van der Waals surface area contributed by atoms with Crippen molar-refractivity contribution < 1.29 is 13.5 Å². The smallest absolute Gasteiger partial charge is 0.241 e. The zero-order valence-electron chi connectivity index (χ0n) is 13.9. The molecule has 1 aromatic heterocycles. The number of aromatic hydroxyl groups is 1. The number of rotatable bonds is 5. The van der Waals surface area contributed by atoms with Crippen LogP contribution < -0.4 is 4.72 Å². The molecule has 26 heavy (non-hydrogen) atoms. The first-order valence-corrected chi connectivity index (χ1v) is 9.79. The summed E-state index contributed by atoms with van der Waals surface area (Å²) in [6.07, 6.45) is 2.36. The molecule has 0 saturated carbocycles. The molecule has 0 atom stereocenters. The number of aromatic nitrogens is 1. The number of nitrogens with one attached hydrogen (secondary N) is 2. The van der Waals surface area contributed by atoms with E-state index < -0.39 is 10.0 Å². The molecule has 6 heteroatoms. The van der Waals surface area contributed by atoms with Crippen LogP contribution in [0, 0.1) is 0 Å². The van der Waals surface area contributed by atoms with Crippen molar-refractivity contribution in [2.45, 2.75) is 11.3 Å². The fourth-order valence-electron chi connectivity index (χ4n) is 3.20. The summed E-state index contributed by atoms with van der Waals surface area (Å²) in [5.41, 5.74) is 1.87. The van der Waals surface area contributed by atoms with Crippen LogP contribution in [0.5, 0.6) is 5.75 Å². The van der Waals surface area contributed by atoms with E-state index in [1.54, 1.807) is 30.3 Å². The highest BCUT2D eigenvalue weighted by atomic mass is 32.2. The van der Waals surface area contributed by atoms with E-state index >= 15 is 0 Å². The quantitative estimate of drug-likeness (QED) is 0.505. The summed E-state index contributed by atoms with van der Waals surface area (Å²) in [6, 6.07) is 17.8. The van der Waals surface area contributed by atoms with Gasteiger partial charge in [0.2, 0.25) is 10.0 Å². The Morgan fingerprint density at radius 1 is 0.962 bits per heavy atom. The number of phenolic OH excluding ortho intramolecular Hbond substituents is 1. The third-order valence-corrected chi connectivity index (χ3v) is 6.00. The minimum atomic E-state index is -3.61. The van der Waals surface area contributed by atoms with Crippen molar-refractivity contribution in [2.75, 3.05) is 6.54 Å². The summed E-state index contributed by atoms with van der Waals surface area (Å²) >= 11 is 0. The van der Waals surface area contributed by atoms with E-state index in [0.717, 1.165) is 21.9 Å². The summed E-state index contributed by atoms with van der Waals surface area (Å²) in [5.74, 6) is 0.190. The molecule has 0 unspecified atom stereocenters. The molecule has 0 aliphatic carbocycles. The van der Waals surface area contributed by atoms with Crippen LogP contribution in [0.3, 0.4) is 0 Å². The number of aromatic amines is 1. The van der Waals surface area contributed by atoms with Crippen LogP contribution in [0.15, 0.2) is 71.8 Å². The van der Waals surface area contributed by atoms with Gasteiger partial charge < -0.3 is 10.1 Å². The van der Waals surface area contributed by atoms with Gasteiger partial charge in [0.1, 0.15) is 5.75 Å². The lowest BCUT2D eigenvalue weighted by Crippen LogP contribution is -2.26. The highest BCUT2D eigenvalue weighted by molar-refractivity contribution is 7.89. The highest BCUT2D eigenvalue weighted by Crippen LogP contribution is 2.24. The lowest BCUT2D eigenvalue weighted by molar-refractivity contribution is 0.476. The van der Waals surface area contributed by atoms with Gasteiger partial charge in [-0.25, -0.2) is 13.1 Å². The maximum absolute atomic E-state index is 12.7. The van der Waals surface area contributed by atoms with E-state index in [9.17, 15) is 13.5 Å². The average Bonchev–Trinajstić information content (AvgIpc) is 3.03. The zero-order valence-corrected chi connectivity index (χ0v) is 14.8. The third-order valence-electron chi connectivity index (χ3n) is 4.48. The lowest BCUT2D eigenvalue weighted by Gasteiger charge is -2.09. The van der Waals surface area contributed by atoms with Crippen LogP contribution in [-0.2, 0) is 16.4 Å². The molecule has 0 saturated heterocycles. The Balaban J connectivity index is 1.56. The fraction of sp³-hybridized carbons (Fsp3) is 0.100. The normalized spacial score (nSPS) is 12.0. The van der Waals surface area contributed by atoms with Crippen molar-refractivity contribution >= 4 is 31.7 Å². The van der Waals surface area contributed by atoms with Gasteiger partial charge in [0, 0.05) is 29.0 Å². The van der Waals surface area contributed by atoms with E-state index in [1.165, 1.54) is 0 Å². The molecule has 0 radical (unpaired) electrons. The largest absolute Gasteiger partial charge is 0.508 e. The highest BCUT2D eigenvalue weighted by Gasteiger charge is 2.16. The van der Waals surface area contributed by atoms with Gasteiger partial charge in [-0.15, -0.1) is 0 Å². The molecule has 1 heterocycles. The second-order valence-electron chi connectivity index (χ2n) is 6.17. The standard InChI is InChI=1S/C20H18N2O3S/c23-16-8-9-19-18(12-16)15(13-21-19)10-11-22-26(24,25)20-7-3-5-14-4-1-2-6-17(14)20/h1-9,12-13,21-23H,10-11H2. The molecule has 4 rings (SSSR count). The molecule has 3 N–H and O–H groups in total. The maximum atomic E-state index is 12.7. The van der Waals surface area contributed by atoms with Crippen LogP contribution in [-0.4, -0.2) is 25.1 Å². The number of H-pyrrole nitrogens is 1. The Labute approximate surface area is 151 Å². The number of fused-ring (bicyclic) bond motifs is 2. The van der Waals surface area contributed by atoms with Crippen molar-refractivity contribution in [1.82, 2.24) is 9.71 Å². The van der Waals surface area contributed by atoms with E-state index in [-0.39, 0.29) is 17.2 Å². The average molecular weight is 366 g/mol. The second-order valence-corrected chi connectivity index (χ2v) is 7.90. The van der Waals surface area contributed by atoms with Crippen LogP contribution >= 0.6 is 0 Å². The van der Waals surface area contributed by atoms with E-state index in [0.29, 0.717) is 11.8 Å². The van der Waals surface area contributed by atoms with E-state index in [2.05, 4.69) is 9.71 Å². The van der Waals surface area contributed by atoms with Gasteiger partial charge in [-0.3, -0.25) is 0 Å². The molecular weight excluding hydrogens is 348 g/mol. The predicted molar refractivity (Wildman–Crippen MR) is 103 cm³/mol. The van der Waals surface area contributed by atoms with Crippen molar-refractivity contribution in [3.8, 4) is 5.75 Å². The van der Waals surface area contributed by atoms with Gasteiger partial charge in [0.25, 0.3) is 0 Å². The first kappa shape index (κ1) is 16.6. The first-order valence-electron chi connectivity index (χ1n) is 8.31. The topological polar surface area (TPSA) is 82.2 Å². The zero-order chi connectivity index (χ0) is 18.1. The van der Waals surface area contributed by atoms with Crippen LogP contribution in [0.1, 0.15) is 5.56 Å². The van der Waals surface area contributed by atoms with Crippen LogP contribution in [0.4, 0.5) is 0 Å². The minimum absolute atomic E-state index is 0.190. The second kappa shape index (κ2) is 6.48. The SMILES string of the molecule is O=S(=O)(NCCc1c[nH]c2ccc(O)cc12)c1cccc2ccccc12. The van der Waals surface area contributed by atoms with E-state index in [4.69, 9.17) is 0 Å². The minimum Gasteiger partial charge on any atom is -0.508 e. The first-order chi connectivity index (χ1) is 12.5. The third kappa shape index (κ3) is 3.05. The molecule has 5 nitrogen and oxygen atoms in total. The van der Waals surface area contributed by atoms with Crippen molar-refractivity contribution in [1.29, 1.82) is 0 Å². The van der Waals surface area contributed by atoms with E-state index in [1.807, 2.05) is 36.5 Å². The summed E-state index contributed by atoms with van der Waals surface area (Å²) in [6.45, 7) is 0.272. The monoisotopic (exact) mass is 366 g/mol. The van der Waals surface area contributed by atoms with Gasteiger partial charge in [-0.2, -0.15) is 0 Å². The Hall–Kier alpha value is -2.83. The summed E-state index contributed by atoms with van der Waals surface area (Å²) in [5, 5.41) is 12.1. The lowest BCUT2D eigenvalue weighted by atomic mass is 10.1. The summed E-state index contributed by atoms with van der Waals surface area (Å²) in [4.78, 5) is 3.41. The van der Waals surface area contributed by atoms with Gasteiger partial charge in [-0.1, -0.05) is 36.4 Å². The molecule has 0 amide bonds. The molecule has 0 aliphatic heterocycles. The molecule has 0 fully saturated rings. The molecule has 3 aromatic carbocycles. The molecule has 0 aliphatic rings. The number of phenols is 1. The van der Waals surface area contributed by atoms with Crippen LogP contribution in [0.2, 0.25) is 0 Å². The predicted octanol–water partition coefficient (Wildman–Crippen LogP) is 3.55. The fourth-order valence-corrected chi connectivity index (χ4v) is 4.46. The van der Waals surface area contributed by atoms with Crippen molar-refractivity contribution in [2.24, 2.45) is 0 Å². The number of benzene rings is 3. The molecule has 132 valence electrons. The van der Waals surface area contributed by atoms with Crippen LogP contribution in [0.25, 0.3) is 21.7 Å². The summed E-state index contributed by atoms with van der Waals surface area (Å²) in [7, 11) is -3.61. The van der Waals surface area contributed by atoms with Gasteiger partial charge in [0.05, 0.1) is 4.90 Å². The molecular formula is C20H18N2O3S. The Morgan fingerprint density at radius 3 is 2.65 bits per heavy atom. The Morgan fingerprint density at radius 2 is 1.77 bits per heavy atom. The number of hydrogen-bond acceptors (Lipinski definition) is 3. The summed E-state index contributed by atoms with van der Waals surface area (Å²) < 4.78 is 28.1. The Kier molecular flexibility index (Phi) is 4.14.